The van der Waals surface area contributed by atoms with Gasteiger partial charge in [-0.2, -0.15) is 11.8 Å². The van der Waals surface area contributed by atoms with Crippen molar-refractivity contribution in [3.8, 4) is 0 Å². The van der Waals surface area contributed by atoms with Gasteiger partial charge in [-0.25, -0.2) is 0 Å². The first-order valence-electron chi connectivity index (χ1n) is 9.11. The molecule has 0 aromatic rings. The summed E-state index contributed by atoms with van der Waals surface area (Å²) in [4.78, 5) is 39.8. The molecule has 0 aliphatic carbocycles. The average Bonchev–Trinajstić information content (AvgIpc) is 2.53. The number of carbonyl (C=O) groups excluding carboxylic acids is 3. The van der Waals surface area contributed by atoms with Crippen LogP contribution in [0, 0.1) is 0 Å². The van der Waals surface area contributed by atoms with Crippen LogP contribution in [0.3, 0.4) is 0 Å². The topological polar surface area (TPSA) is 124 Å². The summed E-state index contributed by atoms with van der Waals surface area (Å²) < 4.78 is 0. The largest absolute Gasteiger partial charge is 0.393 e. The van der Waals surface area contributed by atoms with Crippen molar-refractivity contribution in [2.75, 3.05) is 25.6 Å². The molecular weight excluding hydrogens is 370 g/mol. The lowest BCUT2D eigenvalue weighted by Gasteiger charge is -2.35. The van der Waals surface area contributed by atoms with E-state index in [1.807, 2.05) is 6.92 Å². The molecule has 8 nitrogen and oxygen atoms in total. The number of aliphatic hydroxyl groups is 2. The zero-order chi connectivity index (χ0) is 21.4. The summed E-state index contributed by atoms with van der Waals surface area (Å²) in [5.41, 5.74) is 4.26. The van der Waals surface area contributed by atoms with Crippen LogP contribution in [0.2, 0.25) is 0 Å². The minimum atomic E-state index is -1.19. The number of nitrogens with zero attached hydrogens (tertiary/aromatic N) is 2. The molecule has 0 fully saturated rings. The van der Waals surface area contributed by atoms with Gasteiger partial charge in [0.05, 0.1) is 11.7 Å². The fourth-order valence-corrected chi connectivity index (χ4v) is 3.62. The Balaban J connectivity index is 5.48. The van der Waals surface area contributed by atoms with Crippen LogP contribution in [0.5, 0.6) is 0 Å². The summed E-state index contributed by atoms with van der Waals surface area (Å²) >= 11 is 1.36. The van der Waals surface area contributed by atoms with Gasteiger partial charge in [-0.3, -0.25) is 14.4 Å². The number of hydrogen-bond acceptors (Lipinski definition) is 6. The van der Waals surface area contributed by atoms with Crippen LogP contribution in [0.1, 0.15) is 47.0 Å². The predicted molar refractivity (Wildman–Crippen MR) is 107 cm³/mol. The Hall–Kier alpha value is -1.32. The lowest BCUT2D eigenvalue weighted by Crippen LogP contribution is -2.56. The minimum Gasteiger partial charge on any atom is -0.393 e. The van der Waals surface area contributed by atoms with Gasteiger partial charge in [0.15, 0.2) is 0 Å². The molecule has 3 atom stereocenters. The second-order valence-corrected chi connectivity index (χ2v) is 8.62. The summed E-state index contributed by atoms with van der Waals surface area (Å²) in [7, 11) is 3.01. The highest BCUT2D eigenvalue weighted by atomic mass is 32.2. The van der Waals surface area contributed by atoms with Crippen LogP contribution in [-0.4, -0.2) is 87.1 Å². The number of likely N-dealkylation sites (N-methyl/N-ethyl adjacent to an activating group) is 2. The van der Waals surface area contributed by atoms with E-state index in [-0.39, 0.29) is 18.1 Å². The summed E-state index contributed by atoms with van der Waals surface area (Å²) in [6, 6.07) is -1.78. The summed E-state index contributed by atoms with van der Waals surface area (Å²) in [5.74, 6) is -0.598. The van der Waals surface area contributed by atoms with E-state index in [0.717, 1.165) is 0 Å². The van der Waals surface area contributed by atoms with Crippen LogP contribution in [-0.2, 0) is 14.4 Å². The highest BCUT2D eigenvalue weighted by Gasteiger charge is 2.36. The lowest BCUT2D eigenvalue weighted by atomic mass is 9.97. The SMILES string of the molecule is CCCC(=O)N(C)[C@H](CSCC(C)O)C(=O)N(C)[C@@H](CC(C)(C)O)C(N)=O. The van der Waals surface area contributed by atoms with Crippen LogP contribution in [0.4, 0.5) is 0 Å². The first-order chi connectivity index (χ1) is 12.3. The molecule has 4 N–H and O–H groups in total. The molecule has 0 rings (SSSR count). The Morgan fingerprint density at radius 1 is 1.11 bits per heavy atom. The van der Waals surface area contributed by atoms with E-state index in [2.05, 4.69) is 0 Å². The van der Waals surface area contributed by atoms with E-state index < -0.39 is 35.6 Å². The molecule has 1 unspecified atom stereocenters. The number of hydrogen-bond donors (Lipinski definition) is 3. The Bertz CT molecular complexity index is 508. The standard InChI is InChI=1S/C18H35N3O5S/c1-7-8-15(23)20(5)14(11-27-10-12(2)22)17(25)21(6)13(16(19)24)9-18(3,4)26/h12-14,22,26H,7-11H2,1-6H3,(H2,19,24)/t12?,13-,14+/m0/s1. The number of amides is 3. The zero-order valence-corrected chi connectivity index (χ0v) is 18.1. The summed E-state index contributed by atoms with van der Waals surface area (Å²) in [6.45, 7) is 6.60. The lowest BCUT2D eigenvalue weighted by molar-refractivity contribution is -0.147. The van der Waals surface area contributed by atoms with Gasteiger partial charge in [-0.1, -0.05) is 6.92 Å². The highest BCUT2D eigenvalue weighted by molar-refractivity contribution is 7.99. The molecule has 0 bridgehead atoms. The molecule has 0 aliphatic rings. The average molecular weight is 406 g/mol. The van der Waals surface area contributed by atoms with Gasteiger partial charge in [0, 0.05) is 38.4 Å². The third kappa shape index (κ3) is 9.44. The maximum absolute atomic E-state index is 13.1. The van der Waals surface area contributed by atoms with E-state index >= 15 is 0 Å². The smallest absolute Gasteiger partial charge is 0.246 e. The van der Waals surface area contributed by atoms with Gasteiger partial charge < -0.3 is 25.7 Å². The van der Waals surface area contributed by atoms with Gasteiger partial charge in [-0.05, 0) is 27.2 Å². The molecule has 0 spiro atoms. The third-order valence-electron chi connectivity index (χ3n) is 4.08. The number of thioether (sulfide) groups is 1. The summed E-state index contributed by atoms with van der Waals surface area (Å²) in [6.07, 6.45) is 0.427. The molecule has 0 radical (unpaired) electrons. The van der Waals surface area contributed by atoms with Gasteiger partial charge in [0.1, 0.15) is 12.1 Å². The molecular formula is C18H35N3O5S. The first kappa shape index (κ1) is 25.7. The van der Waals surface area contributed by atoms with Crippen LogP contribution in [0.25, 0.3) is 0 Å². The van der Waals surface area contributed by atoms with Crippen molar-refractivity contribution in [2.24, 2.45) is 5.73 Å². The first-order valence-corrected chi connectivity index (χ1v) is 10.3. The van der Waals surface area contributed by atoms with E-state index in [4.69, 9.17) is 5.73 Å². The van der Waals surface area contributed by atoms with Crippen molar-refractivity contribution >= 4 is 29.5 Å². The van der Waals surface area contributed by atoms with Crippen molar-refractivity contribution in [3.05, 3.63) is 0 Å². The minimum absolute atomic E-state index is 0.00920. The summed E-state index contributed by atoms with van der Waals surface area (Å²) in [5, 5.41) is 19.5. The Labute approximate surface area is 166 Å². The molecule has 27 heavy (non-hydrogen) atoms. The molecule has 3 amide bonds. The van der Waals surface area contributed by atoms with Crippen molar-refractivity contribution in [2.45, 2.75) is 70.7 Å². The maximum atomic E-state index is 13.1. The Kier molecular flexibility index (Phi) is 10.9. The normalized spacial score (nSPS) is 15.0. The molecule has 0 heterocycles. The molecule has 0 aromatic carbocycles. The second kappa shape index (κ2) is 11.5. The van der Waals surface area contributed by atoms with Gasteiger partial charge >= 0.3 is 0 Å². The van der Waals surface area contributed by atoms with Crippen molar-refractivity contribution in [1.82, 2.24) is 9.80 Å². The highest BCUT2D eigenvalue weighted by Crippen LogP contribution is 2.19. The Morgan fingerprint density at radius 3 is 2.07 bits per heavy atom. The van der Waals surface area contributed by atoms with E-state index in [1.54, 1.807) is 14.0 Å². The number of carbonyl (C=O) groups is 3. The van der Waals surface area contributed by atoms with Gasteiger partial charge in [0.25, 0.3) is 0 Å². The molecule has 0 saturated carbocycles. The maximum Gasteiger partial charge on any atom is 0.246 e. The van der Waals surface area contributed by atoms with Gasteiger partial charge in [-0.15, -0.1) is 0 Å². The van der Waals surface area contributed by atoms with Crippen molar-refractivity contribution < 1.29 is 24.6 Å². The number of aliphatic hydroxyl groups excluding tert-OH is 1. The molecule has 0 aromatic heterocycles. The van der Waals surface area contributed by atoms with Crippen molar-refractivity contribution in [3.63, 3.8) is 0 Å². The van der Waals surface area contributed by atoms with Crippen molar-refractivity contribution in [1.29, 1.82) is 0 Å². The quantitative estimate of drug-likeness (QED) is 0.426. The number of primary amides is 1. The van der Waals surface area contributed by atoms with Crippen LogP contribution < -0.4 is 5.73 Å². The molecule has 9 heteroatoms. The third-order valence-corrected chi connectivity index (χ3v) is 5.35. The molecule has 158 valence electrons. The van der Waals surface area contributed by atoms with E-state index in [0.29, 0.717) is 18.6 Å². The van der Waals surface area contributed by atoms with Crippen LogP contribution >= 0.6 is 11.8 Å². The van der Waals surface area contributed by atoms with E-state index in [9.17, 15) is 24.6 Å². The monoisotopic (exact) mass is 405 g/mol. The van der Waals surface area contributed by atoms with Gasteiger partial charge in [0.2, 0.25) is 17.7 Å². The van der Waals surface area contributed by atoms with E-state index in [1.165, 1.54) is 42.5 Å². The molecule has 0 aliphatic heterocycles. The fraction of sp³-hybridized carbons (Fsp3) is 0.833. The number of nitrogens with two attached hydrogens (primary N) is 1. The van der Waals surface area contributed by atoms with Crippen LogP contribution in [0.15, 0.2) is 0 Å². The predicted octanol–water partition coefficient (Wildman–Crippen LogP) is 0.201. The zero-order valence-electron chi connectivity index (χ0n) is 17.3. The second-order valence-electron chi connectivity index (χ2n) is 7.54. The molecule has 0 saturated heterocycles. The fourth-order valence-electron chi connectivity index (χ4n) is 2.55. The number of rotatable bonds is 12. The Morgan fingerprint density at radius 2 is 1.67 bits per heavy atom.